The Kier molecular flexibility index (Phi) is 8.87. The van der Waals surface area contributed by atoms with Gasteiger partial charge >= 0.3 is 5.97 Å². The third kappa shape index (κ3) is 6.59. The van der Waals surface area contributed by atoms with E-state index >= 15 is 0 Å². The topological polar surface area (TPSA) is 91.7 Å². The monoisotopic (exact) mass is 486 g/mol. The summed E-state index contributed by atoms with van der Waals surface area (Å²) in [6.45, 7) is 3.26. The van der Waals surface area contributed by atoms with Crippen molar-refractivity contribution in [2.45, 2.75) is 51.2 Å². The van der Waals surface area contributed by atoms with Crippen LogP contribution in [-0.2, 0) is 6.42 Å². The molecule has 1 aromatic heterocycles. The van der Waals surface area contributed by atoms with E-state index < -0.39 is 12.1 Å². The molecule has 1 aliphatic heterocycles. The van der Waals surface area contributed by atoms with Crippen molar-refractivity contribution in [3.8, 4) is 16.9 Å². The van der Waals surface area contributed by atoms with Crippen molar-refractivity contribution >= 4 is 12.0 Å². The molecule has 0 saturated heterocycles. The number of ether oxygens (including phenoxy) is 1. The van der Waals surface area contributed by atoms with Crippen LogP contribution in [0.25, 0.3) is 17.2 Å². The fraction of sp³-hybridized carbons (Fsp3) is 0.333. The number of aromatic carboxylic acids is 1. The number of rotatable bonds is 11. The molecule has 3 N–H and O–H groups in total. The predicted molar refractivity (Wildman–Crippen MR) is 142 cm³/mol. The summed E-state index contributed by atoms with van der Waals surface area (Å²) in [5.74, 6) is -0.0389. The molecule has 0 unspecified atom stereocenters. The minimum atomic E-state index is -0.920. The third-order valence-electron chi connectivity index (χ3n) is 6.50. The molecule has 3 aromatic rings. The van der Waals surface area contributed by atoms with Gasteiger partial charge in [0, 0.05) is 31.0 Å². The first-order chi connectivity index (χ1) is 17.5. The lowest BCUT2D eigenvalue weighted by molar-refractivity contribution is 0.0697. The number of carboxylic acid groups (broad SMARTS) is 1. The second-order valence-electron chi connectivity index (χ2n) is 9.21. The number of aryl methyl sites for hydroxylation is 1. The normalized spacial score (nSPS) is 15.9. The Labute approximate surface area is 212 Å². The number of nitrogens with one attached hydrogen (secondary N) is 1. The summed E-state index contributed by atoms with van der Waals surface area (Å²) in [5.41, 5.74) is 5.23. The van der Waals surface area contributed by atoms with E-state index in [-0.39, 0.29) is 6.10 Å². The molecule has 6 heteroatoms. The van der Waals surface area contributed by atoms with Gasteiger partial charge in [-0.15, -0.1) is 0 Å². The van der Waals surface area contributed by atoms with Gasteiger partial charge in [-0.3, -0.25) is 4.98 Å². The van der Waals surface area contributed by atoms with Crippen molar-refractivity contribution in [3.63, 3.8) is 0 Å². The second kappa shape index (κ2) is 12.5. The van der Waals surface area contributed by atoms with Gasteiger partial charge in [0.1, 0.15) is 11.9 Å². The van der Waals surface area contributed by atoms with Gasteiger partial charge in [-0.25, -0.2) is 4.79 Å². The summed E-state index contributed by atoms with van der Waals surface area (Å²) in [7, 11) is 0. The summed E-state index contributed by atoms with van der Waals surface area (Å²) in [5, 5.41) is 23.1. The summed E-state index contributed by atoms with van der Waals surface area (Å²) in [6, 6.07) is 15.2. The lowest BCUT2D eigenvalue weighted by Gasteiger charge is -2.27. The van der Waals surface area contributed by atoms with Gasteiger partial charge in [-0.05, 0) is 71.8 Å². The highest BCUT2D eigenvalue weighted by Gasteiger charge is 2.21. The van der Waals surface area contributed by atoms with Crippen LogP contribution in [-0.4, -0.2) is 40.4 Å². The standard InChI is InChI=1S/C30H34N2O4/c1-2-3-4-5-7-21-17-24(30(34)35)10-13-27(21)22-11-14-29-23(16-22)9-12-26(36-29)19-32-20-28(33)25-8-6-15-31-18-25/h5-8,10-11,13-18,26,28,32-33H,2-4,9,12,19-20H2,1H3,(H,34,35)/b7-5+/t26-,28-/m1/s1. The summed E-state index contributed by atoms with van der Waals surface area (Å²) in [6.07, 6.45) is 12.0. The SMILES string of the molecule is CCCC/C=C/c1cc(C(=O)O)ccc1-c1ccc2c(c1)CC[C@H](CNC[C@@H](O)c1cccnc1)O2. The van der Waals surface area contributed by atoms with Crippen molar-refractivity contribution in [2.75, 3.05) is 13.1 Å². The molecule has 0 aliphatic carbocycles. The molecule has 1 aliphatic rings. The van der Waals surface area contributed by atoms with Gasteiger partial charge in [-0.2, -0.15) is 0 Å². The molecule has 2 aromatic carbocycles. The number of aliphatic hydroxyl groups excluding tert-OH is 1. The zero-order valence-electron chi connectivity index (χ0n) is 20.7. The first-order valence-corrected chi connectivity index (χ1v) is 12.7. The Morgan fingerprint density at radius 3 is 2.92 bits per heavy atom. The molecule has 2 atom stereocenters. The lowest BCUT2D eigenvalue weighted by atomic mass is 9.93. The van der Waals surface area contributed by atoms with Crippen LogP contribution in [0.15, 0.2) is 67.0 Å². The summed E-state index contributed by atoms with van der Waals surface area (Å²) in [4.78, 5) is 15.6. The fourth-order valence-corrected chi connectivity index (χ4v) is 4.46. The highest BCUT2D eigenvalue weighted by atomic mass is 16.5. The number of carbonyl (C=O) groups is 1. The van der Waals surface area contributed by atoms with Crippen LogP contribution in [0, 0.1) is 0 Å². The van der Waals surface area contributed by atoms with Crippen molar-refractivity contribution in [1.29, 1.82) is 0 Å². The van der Waals surface area contributed by atoms with Crippen LogP contribution in [0.2, 0.25) is 0 Å². The average Bonchev–Trinajstić information content (AvgIpc) is 2.91. The molecule has 0 spiro atoms. The number of hydrogen-bond donors (Lipinski definition) is 3. The molecular formula is C30H34N2O4. The number of aliphatic hydroxyl groups is 1. The summed E-state index contributed by atoms with van der Waals surface area (Å²) < 4.78 is 6.23. The Morgan fingerprint density at radius 1 is 1.25 bits per heavy atom. The van der Waals surface area contributed by atoms with Crippen LogP contribution < -0.4 is 10.1 Å². The van der Waals surface area contributed by atoms with Gasteiger partial charge in [0.25, 0.3) is 0 Å². The zero-order chi connectivity index (χ0) is 25.3. The maximum Gasteiger partial charge on any atom is 0.335 e. The van der Waals surface area contributed by atoms with E-state index in [1.807, 2.05) is 36.4 Å². The number of carboxylic acids is 1. The van der Waals surface area contributed by atoms with Crippen LogP contribution in [0.5, 0.6) is 5.75 Å². The van der Waals surface area contributed by atoms with Gasteiger partial charge < -0.3 is 20.3 Å². The molecule has 0 bridgehead atoms. The molecule has 36 heavy (non-hydrogen) atoms. The molecule has 0 fully saturated rings. The molecule has 0 saturated carbocycles. The Hall–Kier alpha value is -3.48. The van der Waals surface area contributed by atoms with E-state index in [4.69, 9.17) is 4.74 Å². The number of fused-ring (bicyclic) bond motifs is 1. The quantitative estimate of drug-likeness (QED) is 0.303. The third-order valence-corrected chi connectivity index (χ3v) is 6.50. The van der Waals surface area contributed by atoms with Crippen LogP contribution in [0.4, 0.5) is 0 Å². The first kappa shape index (κ1) is 25.6. The average molecular weight is 487 g/mol. The van der Waals surface area contributed by atoms with Crippen molar-refractivity contribution in [3.05, 3.63) is 89.3 Å². The molecule has 188 valence electrons. The minimum absolute atomic E-state index is 0.0383. The smallest absolute Gasteiger partial charge is 0.335 e. The molecule has 4 rings (SSSR count). The van der Waals surface area contributed by atoms with Crippen molar-refractivity contribution in [2.24, 2.45) is 0 Å². The maximum atomic E-state index is 11.5. The number of hydrogen-bond acceptors (Lipinski definition) is 5. The molecule has 0 amide bonds. The molecular weight excluding hydrogens is 452 g/mol. The molecule has 0 radical (unpaired) electrons. The van der Waals surface area contributed by atoms with E-state index in [0.717, 1.165) is 65.7 Å². The zero-order valence-corrected chi connectivity index (χ0v) is 20.7. The number of nitrogens with zero attached hydrogens (tertiary/aromatic N) is 1. The Bertz CT molecular complexity index is 1190. The Balaban J connectivity index is 1.42. The predicted octanol–water partition coefficient (Wildman–Crippen LogP) is 5.67. The van der Waals surface area contributed by atoms with Gasteiger partial charge in [-0.1, -0.05) is 50.1 Å². The van der Waals surface area contributed by atoms with Crippen LogP contribution in [0.1, 0.15) is 65.8 Å². The van der Waals surface area contributed by atoms with Crippen LogP contribution >= 0.6 is 0 Å². The van der Waals surface area contributed by atoms with E-state index in [0.29, 0.717) is 18.7 Å². The van der Waals surface area contributed by atoms with E-state index in [9.17, 15) is 15.0 Å². The summed E-state index contributed by atoms with van der Waals surface area (Å²) >= 11 is 0. The van der Waals surface area contributed by atoms with Crippen molar-refractivity contribution < 1.29 is 19.7 Å². The number of allylic oxidation sites excluding steroid dienone is 1. The van der Waals surface area contributed by atoms with Gasteiger partial charge in [0.15, 0.2) is 0 Å². The molecule has 6 nitrogen and oxygen atoms in total. The van der Waals surface area contributed by atoms with Gasteiger partial charge in [0.05, 0.1) is 11.7 Å². The van der Waals surface area contributed by atoms with Gasteiger partial charge in [0.2, 0.25) is 0 Å². The largest absolute Gasteiger partial charge is 0.489 e. The second-order valence-corrected chi connectivity index (χ2v) is 9.21. The number of unbranched alkanes of at least 4 members (excludes halogenated alkanes) is 2. The number of aromatic nitrogens is 1. The van der Waals surface area contributed by atoms with E-state index in [1.165, 1.54) is 0 Å². The highest BCUT2D eigenvalue weighted by Crippen LogP contribution is 2.34. The maximum absolute atomic E-state index is 11.5. The molecule has 2 heterocycles. The highest BCUT2D eigenvalue weighted by molar-refractivity contribution is 5.90. The number of benzene rings is 2. The van der Waals surface area contributed by atoms with E-state index in [2.05, 4.69) is 29.4 Å². The minimum Gasteiger partial charge on any atom is -0.489 e. The van der Waals surface area contributed by atoms with E-state index in [1.54, 1.807) is 24.5 Å². The van der Waals surface area contributed by atoms with Crippen molar-refractivity contribution in [1.82, 2.24) is 10.3 Å². The lowest BCUT2D eigenvalue weighted by Crippen LogP contribution is -2.36. The fourth-order valence-electron chi connectivity index (χ4n) is 4.46. The Morgan fingerprint density at radius 2 is 2.14 bits per heavy atom. The first-order valence-electron chi connectivity index (χ1n) is 12.7. The number of pyridine rings is 1. The van der Waals surface area contributed by atoms with Crippen LogP contribution in [0.3, 0.4) is 0 Å².